The molecule has 0 aliphatic heterocycles. The number of nitrogens with zero attached hydrogens (tertiary/aromatic N) is 5. The predicted molar refractivity (Wildman–Crippen MR) is 192 cm³/mol. The molecule has 0 atom stereocenters. The Hall–Kier alpha value is -6.59. The van der Waals surface area contributed by atoms with Crippen molar-refractivity contribution in [2.45, 2.75) is 13.1 Å². The molecular weight excluding hydrogens is 631 g/mol. The van der Waals surface area contributed by atoms with E-state index in [0.717, 1.165) is 32.9 Å². The molecule has 0 N–H and O–H groups in total. The number of aromatic nitrogens is 4. The van der Waals surface area contributed by atoms with Gasteiger partial charge in [0.2, 0.25) is 0 Å². The quantitative estimate of drug-likeness (QED) is 0.173. The summed E-state index contributed by atoms with van der Waals surface area (Å²) in [6.45, 7) is 9.85. The lowest BCUT2D eigenvalue weighted by molar-refractivity contribution is -0.137. The summed E-state index contributed by atoms with van der Waals surface area (Å²) in [7, 11) is 0. The molecule has 0 saturated carbocycles. The number of rotatable bonds is 5. The second-order valence-electron chi connectivity index (χ2n) is 12.0. The number of para-hydroxylation sites is 1. The summed E-state index contributed by atoms with van der Waals surface area (Å²) >= 11 is 0. The number of benzene rings is 6. The molecule has 0 saturated heterocycles. The lowest BCUT2D eigenvalue weighted by Crippen LogP contribution is -2.07. The fraction of sp³-hybridized carbons (Fsp3) is 0.0476. The Morgan fingerprint density at radius 3 is 1.82 bits per heavy atom. The van der Waals surface area contributed by atoms with Gasteiger partial charge in [-0.3, -0.25) is 0 Å². The zero-order valence-corrected chi connectivity index (χ0v) is 26.6. The number of fused-ring (bicyclic) bond motifs is 3. The molecule has 0 aliphatic rings. The van der Waals surface area contributed by atoms with Crippen LogP contribution in [0.5, 0.6) is 0 Å². The first-order valence-electron chi connectivity index (χ1n) is 15.9. The Morgan fingerprint density at radius 2 is 1.16 bits per heavy atom. The van der Waals surface area contributed by atoms with Crippen LogP contribution in [0.2, 0.25) is 0 Å². The van der Waals surface area contributed by atoms with Crippen molar-refractivity contribution in [3.8, 4) is 51.0 Å². The van der Waals surface area contributed by atoms with Crippen LogP contribution in [-0.4, -0.2) is 19.5 Å². The second kappa shape index (κ2) is 12.1. The fourth-order valence-electron chi connectivity index (χ4n) is 6.43. The molecule has 0 unspecified atom stereocenters. The van der Waals surface area contributed by atoms with E-state index >= 15 is 0 Å². The average Bonchev–Trinajstić information content (AvgIpc) is 3.48. The molecule has 0 bridgehead atoms. The molecule has 8 heteroatoms. The zero-order valence-electron chi connectivity index (χ0n) is 26.6. The maximum absolute atomic E-state index is 14.2. The van der Waals surface area contributed by atoms with Gasteiger partial charge < -0.3 is 4.57 Å². The monoisotopic (exact) mass is 657 g/mol. The zero-order chi connectivity index (χ0) is 34.4. The third-order valence-corrected chi connectivity index (χ3v) is 8.77. The Balaban J connectivity index is 1.32. The van der Waals surface area contributed by atoms with Crippen molar-refractivity contribution in [1.29, 1.82) is 0 Å². The Labute approximate surface area is 285 Å². The van der Waals surface area contributed by atoms with Crippen molar-refractivity contribution in [3.05, 3.63) is 162 Å². The molecule has 0 aliphatic carbocycles. The van der Waals surface area contributed by atoms with Gasteiger partial charge in [0.15, 0.2) is 23.2 Å². The molecular formula is C42H26F3N5. The third kappa shape index (κ3) is 5.45. The summed E-state index contributed by atoms with van der Waals surface area (Å²) in [5, 5.41) is 1.83. The molecule has 8 aromatic rings. The molecule has 0 spiro atoms. The Bertz CT molecular complexity index is 2540. The topological polar surface area (TPSA) is 48.0 Å². The van der Waals surface area contributed by atoms with Crippen LogP contribution in [-0.2, 0) is 6.18 Å². The minimum atomic E-state index is -4.51. The Kier molecular flexibility index (Phi) is 7.46. The van der Waals surface area contributed by atoms with E-state index < -0.39 is 11.7 Å². The van der Waals surface area contributed by atoms with Gasteiger partial charge in [0.1, 0.15) is 0 Å². The fourth-order valence-corrected chi connectivity index (χ4v) is 6.43. The molecule has 6 aromatic carbocycles. The van der Waals surface area contributed by atoms with E-state index in [2.05, 4.69) is 4.85 Å². The summed E-state index contributed by atoms with van der Waals surface area (Å²) in [4.78, 5) is 18.3. The molecule has 0 amide bonds. The summed E-state index contributed by atoms with van der Waals surface area (Å²) in [5.41, 5.74) is 5.18. The van der Waals surface area contributed by atoms with Crippen LogP contribution >= 0.6 is 0 Å². The summed E-state index contributed by atoms with van der Waals surface area (Å²) in [5.74, 6) is 1.33. The highest BCUT2D eigenvalue weighted by atomic mass is 19.4. The van der Waals surface area contributed by atoms with E-state index in [4.69, 9.17) is 21.5 Å². The van der Waals surface area contributed by atoms with Crippen LogP contribution in [0.1, 0.15) is 11.1 Å². The summed E-state index contributed by atoms with van der Waals surface area (Å²) in [6.07, 6.45) is -4.51. The van der Waals surface area contributed by atoms with Crippen molar-refractivity contribution in [1.82, 2.24) is 19.5 Å². The summed E-state index contributed by atoms with van der Waals surface area (Å²) < 4.78 is 44.6. The number of alkyl halides is 3. The molecule has 240 valence electrons. The average molecular weight is 658 g/mol. The summed E-state index contributed by atoms with van der Waals surface area (Å²) in [6, 6.07) is 42.4. The minimum absolute atomic E-state index is 0.109. The number of hydrogen-bond donors (Lipinski definition) is 0. The minimum Gasteiger partial charge on any atom is -0.310 e. The lowest BCUT2D eigenvalue weighted by atomic mass is 9.96. The maximum atomic E-state index is 14.2. The molecule has 0 radical (unpaired) electrons. The van der Waals surface area contributed by atoms with Crippen LogP contribution in [0, 0.1) is 13.5 Å². The van der Waals surface area contributed by atoms with Crippen molar-refractivity contribution in [3.63, 3.8) is 0 Å². The highest BCUT2D eigenvalue weighted by Gasteiger charge is 2.34. The van der Waals surface area contributed by atoms with Gasteiger partial charge >= 0.3 is 6.18 Å². The number of hydrogen-bond acceptors (Lipinski definition) is 3. The van der Waals surface area contributed by atoms with Crippen molar-refractivity contribution in [2.24, 2.45) is 0 Å². The van der Waals surface area contributed by atoms with E-state index in [1.54, 1.807) is 31.2 Å². The van der Waals surface area contributed by atoms with Gasteiger partial charge in [-0.15, -0.1) is 0 Å². The SMILES string of the molecule is [C-]#[N+]c1cc(-n2c3ccccc3c3ccc(-c4ccc(C)cc4C(F)(F)F)cc32)ccc1-c1nc(-c2ccccc2)nc(-c2ccccc2)n1. The van der Waals surface area contributed by atoms with Crippen LogP contribution < -0.4 is 0 Å². The van der Waals surface area contributed by atoms with Gasteiger partial charge in [-0.1, -0.05) is 115 Å². The number of halogens is 3. The smallest absolute Gasteiger partial charge is 0.310 e. The van der Waals surface area contributed by atoms with Crippen LogP contribution in [0.15, 0.2) is 140 Å². The highest BCUT2D eigenvalue weighted by Crippen LogP contribution is 2.41. The normalized spacial score (nSPS) is 11.6. The van der Waals surface area contributed by atoms with Gasteiger partial charge in [0, 0.05) is 33.2 Å². The molecule has 0 fully saturated rings. The first kappa shape index (κ1) is 30.7. The van der Waals surface area contributed by atoms with Gasteiger partial charge in [0.25, 0.3) is 0 Å². The van der Waals surface area contributed by atoms with Crippen molar-refractivity contribution in [2.75, 3.05) is 0 Å². The Morgan fingerprint density at radius 1 is 0.560 bits per heavy atom. The van der Waals surface area contributed by atoms with Crippen molar-refractivity contribution < 1.29 is 13.2 Å². The van der Waals surface area contributed by atoms with Crippen LogP contribution in [0.25, 0.3) is 77.6 Å². The molecule has 2 heterocycles. The van der Waals surface area contributed by atoms with E-state index in [9.17, 15) is 13.2 Å². The van der Waals surface area contributed by atoms with Crippen molar-refractivity contribution >= 4 is 27.5 Å². The van der Waals surface area contributed by atoms with Gasteiger partial charge in [-0.05, 0) is 48.4 Å². The second-order valence-corrected chi connectivity index (χ2v) is 12.0. The third-order valence-electron chi connectivity index (χ3n) is 8.77. The van der Waals surface area contributed by atoms with E-state index in [0.29, 0.717) is 45.5 Å². The van der Waals surface area contributed by atoms with E-state index in [-0.39, 0.29) is 5.56 Å². The van der Waals surface area contributed by atoms with Gasteiger partial charge in [-0.25, -0.2) is 19.8 Å². The first-order chi connectivity index (χ1) is 24.3. The van der Waals surface area contributed by atoms with E-state index in [1.165, 1.54) is 12.1 Å². The highest BCUT2D eigenvalue weighted by molar-refractivity contribution is 6.10. The lowest BCUT2D eigenvalue weighted by Gasteiger charge is -2.15. The first-order valence-corrected chi connectivity index (χ1v) is 15.9. The molecule has 2 aromatic heterocycles. The molecule has 50 heavy (non-hydrogen) atoms. The van der Waals surface area contributed by atoms with Gasteiger partial charge in [0.05, 0.1) is 23.2 Å². The van der Waals surface area contributed by atoms with Gasteiger partial charge in [-0.2, -0.15) is 13.2 Å². The standard InChI is InChI=1S/C42H26F3N5/c1-26-17-20-31(35(23-26)42(43,44)45)29-18-21-33-32-15-9-10-16-37(32)50(38(33)24-29)30-19-22-34(36(25-30)46-2)41-48-39(27-11-5-3-6-12-27)47-40(49-41)28-13-7-4-8-14-28/h3-25H,1H3. The van der Waals surface area contributed by atoms with E-state index in [1.807, 2.05) is 108 Å². The van der Waals surface area contributed by atoms with Crippen LogP contribution in [0.4, 0.5) is 18.9 Å². The molecule has 8 rings (SSSR count). The van der Waals surface area contributed by atoms with Crippen LogP contribution in [0.3, 0.4) is 0 Å². The predicted octanol–water partition coefficient (Wildman–Crippen LogP) is 11.5. The molecule has 5 nitrogen and oxygen atoms in total. The number of aryl methyl sites for hydroxylation is 1. The largest absolute Gasteiger partial charge is 0.417 e. The maximum Gasteiger partial charge on any atom is 0.417 e.